The van der Waals surface area contributed by atoms with Gasteiger partial charge in [-0.3, -0.25) is 5.43 Å². The van der Waals surface area contributed by atoms with Gasteiger partial charge in [0.2, 0.25) is 0 Å². The molecule has 0 aromatic heterocycles. The van der Waals surface area contributed by atoms with Gasteiger partial charge in [0.25, 0.3) is 0 Å². The molecule has 0 aliphatic carbocycles. The van der Waals surface area contributed by atoms with E-state index in [0.717, 1.165) is 11.3 Å². The lowest BCUT2D eigenvalue weighted by atomic mass is 10.2. The fourth-order valence-corrected chi connectivity index (χ4v) is 1.10. The van der Waals surface area contributed by atoms with Crippen molar-refractivity contribution in [2.24, 2.45) is 10.8 Å². The summed E-state index contributed by atoms with van der Waals surface area (Å²) in [6.45, 7) is 0. The molecule has 16 heavy (non-hydrogen) atoms. The van der Waals surface area contributed by atoms with Gasteiger partial charge in [0.1, 0.15) is 5.75 Å². The van der Waals surface area contributed by atoms with Crippen molar-refractivity contribution in [2.75, 3.05) is 7.11 Å². The van der Waals surface area contributed by atoms with Crippen LogP contribution in [0, 0.1) is 0 Å². The molecule has 84 valence electrons. The van der Waals surface area contributed by atoms with Crippen molar-refractivity contribution >= 4 is 29.6 Å². The maximum atomic E-state index is 5.19. The highest BCUT2D eigenvalue weighted by atomic mass is 32.1. The van der Waals surface area contributed by atoms with E-state index in [4.69, 9.17) is 10.5 Å². The predicted molar refractivity (Wildman–Crippen MR) is 70.4 cm³/mol. The third kappa shape index (κ3) is 4.56. The Labute approximate surface area is 99.8 Å². The Hall–Kier alpha value is -1.88. The van der Waals surface area contributed by atoms with E-state index >= 15 is 0 Å². The molecule has 4 nitrogen and oxygen atoms in total. The highest BCUT2D eigenvalue weighted by Gasteiger charge is 1.90. The number of hydrogen-bond acceptors (Lipinski definition) is 3. The third-order valence-electron chi connectivity index (χ3n) is 1.72. The first-order valence-electron chi connectivity index (χ1n) is 4.61. The van der Waals surface area contributed by atoms with Gasteiger partial charge in [-0.15, -0.1) is 0 Å². The molecule has 0 atom stereocenters. The molecule has 0 heterocycles. The molecule has 0 aliphatic rings. The monoisotopic (exact) mass is 235 g/mol. The molecule has 0 amide bonds. The van der Waals surface area contributed by atoms with Crippen LogP contribution in [0.25, 0.3) is 6.08 Å². The zero-order chi connectivity index (χ0) is 11.8. The molecule has 0 spiro atoms. The van der Waals surface area contributed by atoms with E-state index in [2.05, 4.69) is 22.7 Å². The second kappa shape index (κ2) is 6.58. The first kappa shape index (κ1) is 12.2. The maximum Gasteiger partial charge on any atom is 0.184 e. The van der Waals surface area contributed by atoms with E-state index in [1.54, 1.807) is 19.4 Å². The lowest BCUT2D eigenvalue weighted by Crippen LogP contribution is -2.23. The number of hydrazone groups is 1. The summed E-state index contributed by atoms with van der Waals surface area (Å²) in [6, 6.07) is 7.70. The van der Waals surface area contributed by atoms with Crippen LogP contribution in [0.5, 0.6) is 5.75 Å². The second-order valence-electron chi connectivity index (χ2n) is 2.89. The highest BCUT2D eigenvalue weighted by Crippen LogP contribution is 2.13. The Balaban J connectivity index is 2.55. The number of nitrogens with zero attached hydrogens (tertiary/aromatic N) is 1. The number of nitrogens with two attached hydrogens (primary N) is 1. The van der Waals surface area contributed by atoms with Gasteiger partial charge in [0, 0.05) is 6.21 Å². The van der Waals surface area contributed by atoms with Gasteiger partial charge >= 0.3 is 0 Å². The normalized spacial score (nSPS) is 10.8. The second-order valence-corrected chi connectivity index (χ2v) is 3.33. The molecule has 0 saturated heterocycles. The van der Waals surface area contributed by atoms with Gasteiger partial charge < -0.3 is 10.5 Å². The number of thiocarbonyl (C=S) groups is 1. The molecule has 0 bridgehead atoms. The number of benzene rings is 1. The summed E-state index contributed by atoms with van der Waals surface area (Å²) in [5, 5.41) is 3.91. The van der Waals surface area contributed by atoms with E-state index in [-0.39, 0.29) is 5.11 Å². The van der Waals surface area contributed by atoms with Crippen LogP contribution in [-0.2, 0) is 0 Å². The van der Waals surface area contributed by atoms with Gasteiger partial charge in [-0.1, -0.05) is 18.2 Å². The summed E-state index contributed by atoms with van der Waals surface area (Å²) >= 11 is 4.58. The average molecular weight is 235 g/mol. The lowest BCUT2D eigenvalue weighted by molar-refractivity contribution is 0.414. The zero-order valence-electron chi connectivity index (χ0n) is 8.88. The summed E-state index contributed by atoms with van der Waals surface area (Å²) in [5.41, 5.74) is 8.68. The molecule has 1 rings (SSSR count). The minimum Gasteiger partial charge on any atom is -0.497 e. The minimum atomic E-state index is 0.144. The van der Waals surface area contributed by atoms with Crippen molar-refractivity contribution in [1.82, 2.24) is 5.43 Å². The molecule has 0 fully saturated rings. The van der Waals surface area contributed by atoms with Crippen molar-refractivity contribution in [3.05, 3.63) is 35.9 Å². The van der Waals surface area contributed by atoms with Gasteiger partial charge in [-0.05, 0) is 36.0 Å². The quantitative estimate of drug-likeness (QED) is 0.472. The van der Waals surface area contributed by atoms with Crippen LogP contribution in [0.3, 0.4) is 0 Å². The Morgan fingerprint density at radius 2 is 2.38 bits per heavy atom. The van der Waals surface area contributed by atoms with E-state index in [1.807, 2.05) is 30.3 Å². The molecule has 0 unspecified atom stereocenters. The van der Waals surface area contributed by atoms with Crippen molar-refractivity contribution < 1.29 is 4.74 Å². The van der Waals surface area contributed by atoms with Crippen LogP contribution in [0.4, 0.5) is 0 Å². The summed E-state index contributed by atoms with van der Waals surface area (Å²) in [7, 11) is 1.64. The van der Waals surface area contributed by atoms with Gasteiger partial charge in [0.05, 0.1) is 7.11 Å². The number of methoxy groups -OCH3 is 1. The standard InChI is InChI=1S/C11H13N3OS/c1-15-10-6-2-4-9(8-10)5-3-7-13-14-11(12)16/h2-8H,1H3,(H3,12,14,16)/b5-3+,13-7+. The summed E-state index contributed by atoms with van der Waals surface area (Å²) < 4.78 is 5.10. The molecular formula is C11H13N3OS. The summed E-state index contributed by atoms with van der Waals surface area (Å²) in [4.78, 5) is 0. The van der Waals surface area contributed by atoms with Crippen LogP contribution in [0.2, 0.25) is 0 Å². The molecule has 0 saturated carbocycles. The highest BCUT2D eigenvalue weighted by molar-refractivity contribution is 7.80. The Bertz CT molecular complexity index is 415. The van der Waals surface area contributed by atoms with Gasteiger partial charge in [0.15, 0.2) is 5.11 Å². The molecule has 3 N–H and O–H groups in total. The van der Waals surface area contributed by atoms with E-state index in [0.29, 0.717) is 0 Å². The van der Waals surface area contributed by atoms with Crippen LogP contribution in [0.15, 0.2) is 35.4 Å². The van der Waals surface area contributed by atoms with Crippen LogP contribution in [0.1, 0.15) is 5.56 Å². The molecular weight excluding hydrogens is 222 g/mol. The minimum absolute atomic E-state index is 0.144. The van der Waals surface area contributed by atoms with Crippen molar-refractivity contribution in [1.29, 1.82) is 0 Å². The number of hydrogen-bond donors (Lipinski definition) is 2. The first-order chi connectivity index (χ1) is 7.72. The lowest BCUT2D eigenvalue weighted by Gasteiger charge is -1.99. The fourth-order valence-electron chi connectivity index (χ4n) is 1.04. The molecule has 0 radical (unpaired) electrons. The van der Waals surface area contributed by atoms with Crippen molar-refractivity contribution in [3.63, 3.8) is 0 Å². The first-order valence-corrected chi connectivity index (χ1v) is 5.02. The number of ether oxygens (including phenoxy) is 1. The SMILES string of the molecule is COc1cccc(/C=C/C=N/NC(N)=S)c1. The molecule has 5 heteroatoms. The Kier molecular flexibility index (Phi) is 5.01. The predicted octanol–water partition coefficient (Wildman–Crippen LogP) is 1.53. The van der Waals surface area contributed by atoms with E-state index in [1.165, 1.54) is 0 Å². The third-order valence-corrected chi connectivity index (χ3v) is 1.81. The fraction of sp³-hybridized carbons (Fsp3) is 0.0909. The maximum absolute atomic E-state index is 5.19. The Morgan fingerprint density at radius 3 is 3.06 bits per heavy atom. The number of nitrogens with one attached hydrogen (secondary N) is 1. The summed E-state index contributed by atoms with van der Waals surface area (Å²) in [6.07, 6.45) is 5.24. The van der Waals surface area contributed by atoms with Crippen molar-refractivity contribution in [2.45, 2.75) is 0 Å². The molecule has 1 aromatic rings. The topological polar surface area (TPSA) is 59.6 Å². The number of allylic oxidation sites excluding steroid dienone is 1. The molecule has 0 aliphatic heterocycles. The summed E-state index contributed by atoms with van der Waals surface area (Å²) in [5.74, 6) is 0.820. The van der Waals surface area contributed by atoms with Gasteiger partial charge in [-0.25, -0.2) is 0 Å². The van der Waals surface area contributed by atoms with Gasteiger partial charge in [-0.2, -0.15) is 5.10 Å². The zero-order valence-corrected chi connectivity index (χ0v) is 9.70. The van der Waals surface area contributed by atoms with E-state index < -0.39 is 0 Å². The van der Waals surface area contributed by atoms with Crippen LogP contribution >= 0.6 is 12.2 Å². The molecule has 1 aromatic carbocycles. The largest absolute Gasteiger partial charge is 0.497 e. The number of rotatable bonds is 4. The Morgan fingerprint density at radius 1 is 1.56 bits per heavy atom. The van der Waals surface area contributed by atoms with Crippen LogP contribution < -0.4 is 15.9 Å². The smallest absolute Gasteiger partial charge is 0.184 e. The average Bonchev–Trinajstić information content (AvgIpc) is 2.28. The van der Waals surface area contributed by atoms with Crippen LogP contribution in [-0.4, -0.2) is 18.4 Å². The van der Waals surface area contributed by atoms with E-state index in [9.17, 15) is 0 Å². The van der Waals surface area contributed by atoms with Crippen molar-refractivity contribution in [3.8, 4) is 5.75 Å².